The van der Waals surface area contributed by atoms with Crippen molar-refractivity contribution in [1.29, 1.82) is 0 Å². The first-order chi connectivity index (χ1) is 8.73. The minimum atomic E-state index is -0.299. The Kier molecular flexibility index (Phi) is 3.65. The zero-order valence-corrected chi connectivity index (χ0v) is 13.7. The van der Waals surface area contributed by atoms with Crippen LogP contribution in [0.4, 0.5) is 0 Å². The average Bonchev–Trinajstić information content (AvgIpc) is 2.63. The SMILES string of the molecule is C=CC(C)(C)C1(S)SC(c2ccccc2)=NC1(C)C. The lowest BCUT2D eigenvalue weighted by Crippen LogP contribution is -2.48. The summed E-state index contributed by atoms with van der Waals surface area (Å²) in [6, 6.07) is 10.3. The minimum Gasteiger partial charge on any atom is -0.269 e. The van der Waals surface area contributed by atoms with Crippen LogP contribution in [0.25, 0.3) is 0 Å². The second kappa shape index (κ2) is 4.71. The molecule has 0 aromatic heterocycles. The highest BCUT2D eigenvalue weighted by molar-refractivity contribution is 8.23. The third-order valence-corrected chi connectivity index (χ3v) is 7.10. The highest BCUT2D eigenvalue weighted by atomic mass is 32.2. The van der Waals surface area contributed by atoms with Gasteiger partial charge in [-0.2, -0.15) is 12.6 Å². The van der Waals surface area contributed by atoms with Gasteiger partial charge in [-0.05, 0) is 13.8 Å². The van der Waals surface area contributed by atoms with E-state index in [-0.39, 0.29) is 15.0 Å². The number of benzene rings is 1. The van der Waals surface area contributed by atoms with Crippen molar-refractivity contribution in [1.82, 2.24) is 0 Å². The van der Waals surface area contributed by atoms with Gasteiger partial charge < -0.3 is 0 Å². The number of nitrogens with zero attached hydrogens (tertiary/aromatic N) is 1. The van der Waals surface area contributed by atoms with Crippen LogP contribution in [0.1, 0.15) is 33.3 Å². The molecule has 0 aliphatic carbocycles. The van der Waals surface area contributed by atoms with Crippen LogP contribution < -0.4 is 0 Å². The Balaban J connectivity index is 2.44. The summed E-state index contributed by atoms with van der Waals surface area (Å²) in [6.45, 7) is 12.6. The average molecular weight is 291 g/mol. The summed E-state index contributed by atoms with van der Waals surface area (Å²) in [4.78, 5) is 4.91. The highest BCUT2D eigenvalue weighted by Gasteiger charge is 2.56. The molecule has 1 heterocycles. The molecule has 3 heteroatoms. The molecule has 0 saturated carbocycles. The molecular weight excluding hydrogens is 270 g/mol. The number of hydrogen-bond acceptors (Lipinski definition) is 3. The van der Waals surface area contributed by atoms with Crippen molar-refractivity contribution in [2.45, 2.75) is 37.3 Å². The largest absolute Gasteiger partial charge is 0.269 e. The van der Waals surface area contributed by atoms with Crippen LogP contribution in [0.15, 0.2) is 48.0 Å². The molecule has 0 N–H and O–H groups in total. The van der Waals surface area contributed by atoms with Crippen LogP contribution in [0.3, 0.4) is 0 Å². The number of aliphatic imine (C=N–C) groups is 1. The minimum absolute atomic E-state index is 0.121. The topological polar surface area (TPSA) is 12.4 Å². The van der Waals surface area contributed by atoms with Gasteiger partial charge in [0, 0.05) is 11.0 Å². The third kappa shape index (κ3) is 2.27. The normalized spacial score (nSPS) is 26.1. The molecule has 0 amide bonds. The van der Waals surface area contributed by atoms with E-state index < -0.39 is 0 Å². The van der Waals surface area contributed by atoms with E-state index in [2.05, 4.69) is 46.4 Å². The van der Waals surface area contributed by atoms with Gasteiger partial charge in [0.2, 0.25) is 0 Å². The number of allylic oxidation sites excluding steroid dienone is 1. The van der Waals surface area contributed by atoms with Crippen molar-refractivity contribution in [3.8, 4) is 0 Å². The summed E-state index contributed by atoms with van der Waals surface area (Å²) in [6.07, 6.45) is 1.98. The Morgan fingerprint density at radius 2 is 1.84 bits per heavy atom. The quantitative estimate of drug-likeness (QED) is 0.623. The van der Waals surface area contributed by atoms with Crippen LogP contribution in [-0.4, -0.2) is 14.7 Å². The predicted molar refractivity (Wildman–Crippen MR) is 90.3 cm³/mol. The van der Waals surface area contributed by atoms with Gasteiger partial charge in [0.15, 0.2) is 0 Å². The van der Waals surface area contributed by atoms with Gasteiger partial charge in [0.1, 0.15) is 0 Å². The Hall–Kier alpha value is -0.670. The van der Waals surface area contributed by atoms with Crippen molar-refractivity contribution in [3.63, 3.8) is 0 Å². The van der Waals surface area contributed by atoms with Crippen molar-refractivity contribution < 1.29 is 0 Å². The second-order valence-electron chi connectivity index (χ2n) is 6.01. The third-order valence-electron chi connectivity index (χ3n) is 3.86. The maximum Gasteiger partial charge on any atom is 0.0999 e. The molecule has 1 unspecified atom stereocenters. The van der Waals surface area contributed by atoms with E-state index in [1.807, 2.05) is 24.3 Å². The van der Waals surface area contributed by atoms with Crippen LogP contribution in [0, 0.1) is 5.41 Å². The monoisotopic (exact) mass is 291 g/mol. The van der Waals surface area contributed by atoms with Gasteiger partial charge in [-0.25, -0.2) is 0 Å². The zero-order valence-electron chi connectivity index (χ0n) is 12.0. The smallest absolute Gasteiger partial charge is 0.0999 e. The summed E-state index contributed by atoms with van der Waals surface area (Å²) >= 11 is 6.76. The van der Waals surface area contributed by atoms with E-state index in [4.69, 9.17) is 17.6 Å². The van der Waals surface area contributed by atoms with E-state index >= 15 is 0 Å². The lowest BCUT2D eigenvalue weighted by molar-refractivity contribution is 0.320. The molecule has 19 heavy (non-hydrogen) atoms. The first kappa shape index (κ1) is 14.7. The fourth-order valence-electron chi connectivity index (χ4n) is 2.38. The van der Waals surface area contributed by atoms with E-state index in [1.165, 1.54) is 0 Å². The van der Waals surface area contributed by atoms with Crippen LogP contribution in [-0.2, 0) is 0 Å². The Labute approximate surface area is 126 Å². The molecule has 0 saturated heterocycles. The van der Waals surface area contributed by atoms with Crippen molar-refractivity contribution in [3.05, 3.63) is 48.6 Å². The summed E-state index contributed by atoms with van der Waals surface area (Å²) < 4.78 is -0.299. The van der Waals surface area contributed by atoms with Crippen molar-refractivity contribution in [2.24, 2.45) is 10.4 Å². The molecule has 0 radical (unpaired) electrons. The van der Waals surface area contributed by atoms with E-state index in [9.17, 15) is 0 Å². The molecule has 102 valence electrons. The van der Waals surface area contributed by atoms with Gasteiger partial charge >= 0.3 is 0 Å². The Morgan fingerprint density at radius 1 is 1.26 bits per heavy atom. The zero-order chi connectivity index (χ0) is 14.3. The molecule has 1 aromatic carbocycles. The van der Waals surface area contributed by atoms with Crippen molar-refractivity contribution in [2.75, 3.05) is 0 Å². The van der Waals surface area contributed by atoms with E-state index in [0.29, 0.717) is 0 Å². The maximum absolute atomic E-state index is 5.01. The number of hydrogen-bond donors (Lipinski definition) is 1. The molecule has 0 fully saturated rings. The van der Waals surface area contributed by atoms with Gasteiger partial charge in [0.25, 0.3) is 0 Å². The van der Waals surface area contributed by atoms with E-state index in [1.54, 1.807) is 11.8 Å². The van der Waals surface area contributed by atoms with Gasteiger partial charge in [-0.1, -0.05) is 62.0 Å². The van der Waals surface area contributed by atoms with E-state index in [0.717, 1.165) is 10.6 Å². The number of thioether (sulfide) groups is 1. The summed E-state index contributed by atoms with van der Waals surface area (Å²) in [5.41, 5.74) is 0.796. The summed E-state index contributed by atoms with van der Waals surface area (Å²) in [5, 5.41) is 1.07. The maximum atomic E-state index is 5.01. The molecule has 0 spiro atoms. The molecule has 1 atom stereocenters. The highest BCUT2D eigenvalue weighted by Crippen LogP contribution is 2.59. The molecule has 1 nitrogen and oxygen atoms in total. The van der Waals surface area contributed by atoms with Gasteiger partial charge in [-0.3, -0.25) is 4.99 Å². The molecule has 0 bridgehead atoms. The Bertz CT molecular complexity index is 517. The molecule has 1 aliphatic heterocycles. The molecular formula is C16H21NS2. The van der Waals surface area contributed by atoms with Crippen LogP contribution >= 0.6 is 24.4 Å². The number of rotatable bonds is 3. The van der Waals surface area contributed by atoms with Crippen molar-refractivity contribution >= 4 is 29.4 Å². The molecule has 1 aliphatic rings. The summed E-state index contributed by atoms with van der Waals surface area (Å²) in [7, 11) is 0. The number of thiol groups is 1. The fourth-order valence-corrected chi connectivity index (χ4v) is 4.23. The second-order valence-corrected chi connectivity index (χ2v) is 8.19. The summed E-state index contributed by atoms with van der Waals surface area (Å²) in [5.74, 6) is 0. The lowest BCUT2D eigenvalue weighted by atomic mass is 9.79. The molecule has 2 rings (SSSR count). The van der Waals surface area contributed by atoms with Crippen LogP contribution in [0.5, 0.6) is 0 Å². The van der Waals surface area contributed by atoms with Gasteiger partial charge in [-0.15, -0.1) is 6.58 Å². The Morgan fingerprint density at radius 3 is 2.37 bits per heavy atom. The standard InChI is InChI=1S/C16H21NS2/c1-6-14(2,3)16(18)15(4,5)17-13(19-16)12-10-8-7-9-11-12/h6-11,18H,1H2,2-5H3. The predicted octanol–water partition coefficient (Wildman–Crippen LogP) is 4.80. The first-order valence-electron chi connectivity index (χ1n) is 6.44. The molecule has 1 aromatic rings. The van der Waals surface area contributed by atoms with Gasteiger partial charge in [0.05, 0.1) is 14.7 Å². The first-order valence-corrected chi connectivity index (χ1v) is 7.70. The lowest BCUT2D eigenvalue weighted by Gasteiger charge is -2.45. The van der Waals surface area contributed by atoms with Crippen LogP contribution in [0.2, 0.25) is 0 Å². The fraction of sp³-hybridized carbons (Fsp3) is 0.438.